The molecule has 0 aromatic heterocycles. The summed E-state index contributed by atoms with van der Waals surface area (Å²) in [6.45, 7) is 16.8. The molecule has 14 nitrogen and oxygen atoms in total. The molecule has 11 rings (SSSR count). The fraction of sp³-hybridized carbons (Fsp3) is 0.208. The van der Waals surface area contributed by atoms with E-state index in [2.05, 4.69) is 62.9 Å². The number of rotatable bonds is 18. The van der Waals surface area contributed by atoms with Gasteiger partial charge < -0.3 is 63.8 Å². The van der Waals surface area contributed by atoms with Gasteiger partial charge in [0.15, 0.2) is 0 Å². The van der Waals surface area contributed by atoms with Crippen molar-refractivity contribution in [3.63, 3.8) is 0 Å². The van der Waals surface area contributed by atoms with Crippen LogP contribution in [-0.4, -0.2) is 129 Å². The summed E-state index contributed by atoms with van der Waals surface area (Å²) in [7, 11) is 3.50. The Hall–Kier alpha value is -9.22. The number of nitrogens with zero attached hydrogens (tertiary/aromatic N) is 3. The van der Waals surface area contributed by atoms with Crippen LogP contribution in [0.4, 0.5) is 22.7 Å². The highest BCUT2D eigenvalue weighted by Crippen LogP contribution is 2.33. The van der Waals surface area contributed by atoms with E-state index in [1.54, 1.807) is 65.2 Å². The Kier molecular flexibility index (Phi) is 32.5. The number of anilines is 4. The predicted molar refractivity (Wildman–Crippen MR) is 408 cm³/mol. The first-order valence-corrected chi connectivity index (χ1v) is 32.8. The zero-order valence-electron chi connectivity index (χ0n) is 57.5. The molecule has 1 fully saturated rings. The lowest BCUT2D eigenvalue weighted by atomic mass is 9.64. The number of hydrogen-bond acceptors (Lipinski definition) is 14. The number of benzene rings is 10. The number of hydrogen-bond donors (Lipinski definition) is 6. The van der Waals surface area contributed by atoms with Gasteiger partial charge in [-0.2, -0.15) is 0 Å². The second-order valence-corrected chi connectivity index (χ2v) is 23.7. The van der Waals surface area contributed by atoms with Crippen LogP contribution in [0.15, 0.2) is 267 Å². The fourth-order valence-electron chi connectivity index (χ4n) is 9.67. The smallest absolute Gasteiger partial charge is 0.337 e. The summed E-state index contributed by atoms with van der Waals surface area (Å²) in [5, 5.41) is 56.3. The van der Waals surface area contributed by atoms with E-state index in [1.807, 2.05) is 220 Å². The van der Waals surface area contributed by atoms with Gasteiger partial charge in [0.2, 0.25) is 0 Å². The Morgan fingerprint density at radius 2 is 0.722 bits per heavy atom. The molecule has 1 aliphatic heterocycles. The summed E-state index contributed by atoms with van der Waals surface area (Å²) in [6.07, 6.45) is 0.192. The summed E-state index contributed by atoms with van der Waals surface area (Å²) in [4.78, 5) is 18.0. The van der Waals surface area contributed by atoms with Crippen molar-refractivity contribution in [3.8, 4) is 23.0 Å². The van der Waals surface area contributed by atoms with E-state index in [-0.39, 0.29) is 19.0 Å². The molecule has 97 heavy (non-hydrogen) atoms. The van der Waals surface area contributed by atoms with Gasteiger partial charge in [0.05, 0.1) is 18.8 Å². The molecule has 0 radical (unpaired) electrons. The normalized spacial score (nSPS) is 11.2. The van der Waals surface area contributed by atoms with Crippen LogP contribution in [0.5, 0.6) is 23.0 Å². The Morgan fingerprint density at radius 1 is 0.402 bits per heavy atom. The van der Waals surface area contributed by atoms with Gasteiger partial charge in [0.1, 0.15) is 29.6 Å². The molecule has 10 aromatic carbocycles. The Bertz CT molecular complexity index is 3710. The molecule has 0 bridgehead atoms. The number of methoxy groups -OCH3 is 1. The fourth-order valence-corrected chi connectivity index (χ4v) is 9.67. The van der Waals surface area contributed by atoms with Gasteiger partial charge in [0, 0.05) is 48.9 Å². The van der Waals surface area contributed by atoms with Crippen molar-refractivity contribution in [3.05, 3.63) is 278 Å². The number of likely N-dealkylation sites (N-methyl/N-ethyl adjacent to an activating group) is 1. The lowest BCUT2D eigenvalue weighted by Gasteiger charge is -2.34. The van der Waals surface area contributed by atoms with Gasteiger partial charge in [-0.1, -0.05) is 199 Å². The SMILES string of the molecule is CB(O)c1ccc(N(c2ccccc2)c2ccccc2)cc1.CB(O)c1ccc(N2CCN(C)CC2)cc1.CB(O)c1ccc(OC(C)C)cc1.CB(O)c1ccc(OCc2ccccc2)cc1.CB(O)c1ccc(Oc2ccccc2)cc1.COC(=O)c1ccc(B(C)O)cc1. The largest absolute Gasteiger partial charge is 0.491 e. The third kappa shape index (κ3) is 27.1. The van der Waals surface area contributed by atoms with Crippen molar-refractivity contribution in [2.45, 2.75) is 67.5 Å². The van der Waals surface area contributed by atoms with Gasteiger partial charge in [-0.25, -0.2) is 4.79 Å². The van der Waals surface area contributed by atoms with E-state index in [0.29, 0.717) is 12.2 Å². The molecule has 1 saturated heterocycles. The van der Waals surface area contributed by atoms with E-state index in [4.69, 9.17) is 14.2 Å². The highest BCUT2D eigenvalue weighted by Gasteiger charge is 2.17. The average molecular weight is 1300 g/mol. The van der Waals surface area contributed by atoms with Crippen LogP contribution >= 0.6 is 0 Å². The third-order valence-corrected chi connectivity index (χ3v) is 15.4. The minimum Gasteiger partial charge on any atom is -0.491 e. The van der Waals surface area contributed by atoms with Gasteiger partial charge in [-0.3, -0.25) is 0 Å². The quantitative estimate of drug-likeness (QED) is 0.0352. The first-order valence-electron chi connectivity index (χ1n) is 32.8. The van der Waals surface area contributed by atoms with Crippen molar-refractivity contribution < 1.29 is 53.9 Å². The van der Waals surface area contributed by atoms with Crippen LogP contribution in [0.3, 0.4) is 0 Å². The molecule has 0 unspecified atom stereocenters. The maximum absolute atomic E-state index is 11.0. The summed E-state index contributed by atoms with van der Waals surface area (Å²) in [6, 6.07) is 85.6. The van der Waals surface area contributed by atoms with E-state index in [0.717, 1.165) is 105 Å². The van der Waals surface area contributed by atoms with Crippen molar-refractivity contribution in [1.29, 1.82) is 0 Å². The molecule has 1 aliphatic rings. The second kappa shape index (κ2) is 41.0. The number of piperazine rings is 1. The number of carbonyl (C=O) groups excluding carboxylic acids is 1. The third-order valence-electron chi connectivity index (χ3n) is 15.4. The van der Waals surface area contributed by atoms with Crippen LogP contribution in [0.1, 0.15) is 29.8 Å². The van der Waals surface area contributed by atoms with E-state index < -0.39 is 34.6 Å². The first-order chi connectivity index (χ1) is 46.7. The standard InChI is InChI=1S/C19H18BNO.C14H15BO2.C13H13BO2.C12H19BN2O.C10H15BO2.C9H11BO3/c1-20(22)16-12-14-19(15-13-16)21(17-8-4-2-5-9-17)18-10-6-3-7-11-18;1-15(16)13-7-9-14(10-8-13)17-11-12-5-3-2-4-6-12;1-14(15)11-7-9-13(10-8-11)16-12-5-3-2-4-6-12;1-13(16)11-3-5-12(6-4-11)15-9-7-14(2)8-10-15;1-8(2)13-10-6-4-9(5-7-10)11(3)12;1-10(12)8-5-3-7(4-6-8)9(11)13-2/h2-15,22H,1H3;2-10,16H,11H2,1H3;2-10,15H,1H3;3-6,16H,7-10H2,1-2H3;4-8,12H,1-3H3;3-6,12H,1-2H3. The van der Waals surface area contributed by atoms with Crippen LogP contribution < -0.4 is 56.8 Å². The Balaban J connectivity index is 0.000000186. The number of esters is 1. The van der Waals surface area contributed by atoms with Crippen molar-refractivity contribution in [2.75, 3.05) is 50.1 Å². The highest BCUT2D eigenvalue weighted by atomic mass is 16.5. The molecule has 0 spiro atoms. The molecule has 10 aromatic rings. The van der Waals surface area contributed by atoms with Crippen molar-refractivity contribution in [2.24, 2.45) is 0 Å². The van der Waals surface area contributed by atoms with E-state index in [9.17, 15) is 34.9 Å². The van der Waals surface area contributed by atoms with Gasteiger partial charge in [-0.05, 0) is 168 Å². The molecule has 6 N–H and O–H groups in total. The van der Waals surface area contributed by atoms with Gasteiger partial charge in [-0.15, -0.1) is 0 Å². The predicted octanol–water partition coefficient (Wildman–Crippen LogP) is 10.2. The maximum atomic E-state index is 11.0. The molecule has 0 saturated carbocycles. The molecule has 498 valence electrons. The number of para-hydroxylation sites is 3. The van der Waals surface area contributed by atoms with Gasteiger partial charge in [0.25, 0.3) is 0 Å². The van der Waals surface area contributed by atoms with Crippen molar-refractivity contribution in [1.82, 2.24) is 4.90 Å². The second-order valence-electron chi connectivity index (χ2n) is 23.7. The topological polar surface area (TPSA) is 185 Å². The minimum absolute atomic E-state index is 0.192. The van der Waals surface area contributed by atoms with Crippen LogP contribution in [-0.2, 0) is 11.3 Å². The summed E-state index contributed by atoms with van der Waals surface area (Å²) in [5.74, 6) is 2.89. The molecule has 0 atom stereocenters. The van der Waals surface area contributed by atoms with E-state index in [1.165, 1.54) is 12.8 Å². The maximum Gasteiger partial charge on any atom is 0.337 e. The van der Waals surface area contributed by atoms with Crippen LogP contribution in [0, 0.1) is 0 Å². The monoisotopic (exact) mass is 1300 g/mol. The Morgan fingerprint density at radius 3 is 1.10 bits per heavy atom. The molecule has 1 heterocycles. The lowest BCUT2D eigenvalue weighted by molar-refractivity contribution is 0.0600. The molecule has 20 heteroatoms. The number of ether oxygens (including phenoxy) is 4. The van der Waals surface area contributed by atoms with Gasteiger partial charge >= 0.3 is 47.5 Å². The zero-order valence-corrected chi connectivity index (χ0v) is 57.5. The molecule has 0 aliphatic carbocycles. The first kappa shape index (κ1) is 76.8. The van der Waals surface area contributed by atoms with Crippen molar-refractivity contribution >= 4 is 103 Å². The Labute approximate surface area is 577 Å². The molecule has 0 amide bonds. The lowest BCUT2D eigenvalue weighted by Crippen LogP contribution is -2.44. The summed E-state index contributed by atoms with van der Waals surface area (Å²) in [5.41, 5.74) is 11.6. The van der Waals surface area contributed by atoms with E-state index >= 15 is 0 Å². The minimum atomic E-state index is -0.508. The molecular formula is C77H91B6N3O11. The number of carbonyl (C=O) groups is 1. The molecular weight excluding hydrogens is 1210 g/mol. The summed E-state index contributed by atoms with van der Waals surface area (Å²) >= 11 is 0. The zero-order chi connectivity index (χ0) is 70.1. The summed E-state index contributed by atoms with van der Waals surface area (Å²) < 4.78 is 21.3. The van der Waals surface area contributed by atoms with Crippen LogP contribution in [0.2, 0.25) is 40.9 Å². The average Bonchev–Trinajstić information content (AvgIpc) is 0.884. The van der Waals surface area contributed by atoms with Crippen LogP contribution in [0.25, 0.3) is 0 Å². The highest BCUT2D eigenvalue weighted by molar-refractivity contribution is 6.66.